The highest BCUT2D eigenvalue weighted by atomic mass is 19.4. The minimum absolute atomic E-state index is 0.491. The zero-order chi connectivity index (χ0) is 15.9. The lowest BCUT2D eigenvalue weighted by Crippen LogP contribution is -2.48. The van der Waals surface area contributed by atoms with Gasteiger partial charge in [-0.25, -0.2) is 0 Å². The molecule has 1 fully saturated rings. The molecule has 0 N–H and O–H groups in total. The van der Waals surface area contributed by atoms with Crippen LogP contribution in [0.1, 0.15) is 25.0 Å². The summed E-state index contributed by atoms with van der Waals surface area (Å²) in [5.41, 5.74) is 2.44. The SMILES string of the molecule is CC.Cc1cccc(CN2CCN(CC(F)(F)F)CC2)c1. The largest absolute Gasteiger partial charge is 0.401 e. The van der Waals surface area contributed by atoms with Crippen LogP contribution in [0.15, 0.2) is 24.3 Å². The molecule has 0 aliphatic carbocycles. The normalized spacial score (nSPS) is 17.2. The molecule has 5 heteroatoms. The fourth-order valence-corrected chi connectivity index (χ4v) is 2.43. The average Bonchev–Trinajstić information content (AvgIpc) is 2.42. The lowest BCUT2D eigenvalue weighted by atomic mass is 10.1. The van der Waals surface area contributed by atoms with Crippen molar-refractivity contribution in [1.82, 2.24) is 9.80 Å². The highest BCUT2D eigenvalue weighted by molar-refractivity contribution is 5.22. The molecule has 0 radical (unpaired) electrons. The van der Waals surface area contributed by atoms with E-state index in [0.717, 1.165) is 6.54 Å². The van der Waals surface area contributed by atoms with Crippen LogP contribution in [0, 0.1) is 6.92 Å². The van der Waals surface area contributed by atoms with Crippen LogP contribution >= 0.6 is 0 Å². The van der Waals surface area contributed by atoms with Crippen LogP contribution in [0.25, 0.3) is 0 Å². The molecular weight excluding hydrogens is 277 g/mol. The van der Waals surface area contributed by atoms with Crippen LogP contribution in [-0.4, -0.2) is 48.7 Å². The molecule has 0 aromatic heterocycles. The van der Waals surface area contributed by atoms with E-state index in [9.17, 15) is 13.2 Å². The Hall–Kier alpha value is -1.07. The fraction of sp³-hybridized carbons (Fsp3) is 0.625. The highest BCUT2D eigenvalue weighted by Gasteiger charge is 2.31. The number of hydrogen-bond donors (Lipinski definition) is 0. The van der Waals surface area contributed by atoms with E-state index in [-0.39, 0.29) is 0 Å². The molecule has 1 heterocycles. The topological polar surface area (TPSA) is 6.48 Å². The summed E-state index contributed by atoms with van der Waals surface area (Å²) in [6, 6.07) is 8.26. The zero-order valence-electron chi connectivity index (χ0n) is 13.1. The Morgan fingerprint density at radius 3 is 2.10 bits per heavy atom. The summed E-state index contributed by atoms with van der Waals surface area (Å²) in [4.78, 5) is 3.69. The van der Waals surface area contributed by atoms with Crippen molar-refractivity contribution in [3.05, 3.63) is 35.4 Å². The van der Waals surface area contributed by atoms with E-state index < -0.39 is 12.7 Å². The van der Waals surface area contributed by atoms with Crippen LogP contribution in [0.4, 0.5) is 13.2 Å². The summed E-state index contributed by atoms with van der Waals surface area (Å²) in [5, 5.41) is 0. The van der Waals surface area contributed by atoms with Gasteiger partial charge in [0.05, 0.1) is 6.54 Å². The first kappa shape index (κ1) is 18.0. The molecule has 0 saturated carbocycles. The van der Waals surface area contributed by atoms with Crippen LogP contribution < -0.4 is 0 Å². The molecule has 0 spiro atoms. The Balaban J connectivity index is 0.00000106. The zero-order valence-corrected chi connectivity index (χ0v) is 13.1. The molecule has 0 bridgehead atoms. The molecule has 120 valence electrons. The minimum atomic E-state index is -4.08. The van der Waals surface area contributed by atoms with E-state index in [0.29, 0.717) is 26.2 Å². The number of halogens is 3. The first-order valence-electron chi connectivity index (χ1n) is 7.49. The molecule has 1 aromatic carbocycles. The van der Waals surface area contributed by atoms with Crippen molar-refractivity contribution in [1.29, 1.82) is 0 Å². The van der Waals surface area contributed by atoms with Crippen molar-refractivity contribution in [3.63, 3.8) is 0 Å². The number of piperazine rings is 1. The van der Waals surface area contributed by atoms with Gasteiger partial charge in [-0.2, -0.15) is 13.2 Å². The van der Waals surface area contributed by atoms with Crippen LogP contribution in [0.5, 0.6) is 0 Å². The van der Waals surface area contributed by atoms with E-state index in [1.807, 2.05) is 32.9 Å². The summed E-state index contributed by atoms with van der Waals surface area (Å²) in [6.07, 6.45) is -4.08. The molecule has 1 aliphatic rings. The van der Waals surface area contributed by atoms with E-state index in [1.165, 1.54) is 16.0 Å². The van der Waals surface area contributed by atoms with Crippen molar-refractivity contribution in [2.45, 2.75) is 33.5 Å². The summed E-state index contributed by atoms with van der Waals surface area (Å²) in [5.74, 6) is 0. The van der Waals surface area contributed by atoms with Gasteiger partial charge in [0.15, 0.2) is 0 Å². The smallest absolute Gasteiger partial charge is 0.297 e. The molecule has 2 rings (SSSR count). The van der Waals surface area contributed by atoms with E-state index >= 15 is 0 Å². The van der Waals surface area contributed by atoms with Gasteiger partial charge in [-0.05, 0) is 12.5 Å². The van der Waals surface area contributed by atoms with Gasteiger partial charge in [0.1, 0.15) is 0 Å². The standard InChI is InChI=1S/C14H19F3N2.C2H6/c1-12-3-2-4-13(9-12)10-18-5-7-19(8-6-18)11-14(15,16)17;1-2/h2-4,9H,5-8,10-11H2,1H3;1-2H3. The van der Waals surface area contributed by atoms with Crippen molar-refractivity contribution < 1.29 is 13.2 Å². The Labute approximate surface area is 125 Å². The number of rotatable bonds is 3. The molecule has 21 heavy (non-hydrogen) atoms. The Bertz CT molecular complexity index is 410. The highest BCUT2D eigenvalue weighted by Crippen LogP contribution is 2.18. The number of aryl methyl sites for hydroxylation is 1. The van der Waals surface area contributed by atoms with E-state index in [4.69, 9.17) is 0 Å². The van der Waals surface area contributed by atoms with E-state index in [2.05, 4.69) is 17.0 Å². The second-order valence-corrected chi connectivity index (χ2v) is 5.16. The van der Waals surface area contributed by atoms with Gasteiger partial charge in [-0.3, -0.25) is 9.80 Å². The van der Waals surface area contributed by atoms with Gasteiger partial charge in [-0.1, -0.05) is 43.7 Å². The van der Waals surface area contributed by atoms with Crippen molar-refractivity contribution >= 4 is 0 Å². The van der Waals surface area contributed by atoms with E-state index in [1.54, 1.807) is 0 Å². The molecule has 1 saturated heterocycles. The van der Waals surface area contributed by atoms with Gasteiger partial charge < -0.3 is 0 Å². The second-order valence-electron chi connectivity index (χ2n) is 5.16. The third-order valence-corrected chi connectivity index (χ3v) is 3.36. The Morgan fingerprint density at radius 1 is 1.00 bits per heavy atom. The molecule has 1 aromatic rings. The predicted molar refractivity (Wildman–Crippen MR) is 80.3 cm³/mol. The number of hydrogen-bond acceptors (Lipinski definition) is 2. The summed E-state index contributed by atoms with van der Waals surface area (Å²) in [7, 11) is 0. The molecule has 0 atom stereocenters. The molecule has 0 amide bonds. The van der Waals surface area contributed by atoms with Gasteiger partial charge >= 0.3 is 6.18 Å². The summed E-state index contributed by atoms with van der Waals surface area (Å²) < 4.78 is 36.8. The number of alkyl halides is 3. The second kappa shape index (κ2) is 8.39. The monoisotopic (exact) mass is 302 g/mol. The lowest BCUT2D eigenvalue weighted by molar-refractivity contribution is -0.149. The maximum atomic E-state index is 12.3. The van der Waals surface area contributed by atoms with Crippen molar-refractivity contribution in [2.75, 3.05) is 32.7 Å². The lowest BCUT2D eigenvalue weighted by Gasteiger charge is -2.35. The maximum absolute atomic E-state index is 12.3. The molecule has 1 aliphatic heterocycles. The van der Waals surface area contributed by atoms with Crippen LogP contribution in [-0.2, 0) is 6.54 Å². The van der Waals surface area contributed by atoms with Crippen molar-refractivity contribution in [3.8, 4) is 0 Å². The predicted octanol–water partition coefficient (Wildman–Crippen LogP) is 3.70. The molecular formula is C16H25F3N2. The third kappa shape index (κ3) is 6.96. The quantitative estimate of drug-likeness (QED) is 0.840. The summed E-state index contributed by atoms with van der Waals surface area (Å²) >= 11 is 0. The van der Waals surface area contributed by atoms with Gasteiger partial charge in [0.25, 0.3) is 0 Å². The number of benzene rings is 1. The van der Waals surface area contributed by atoms with Gasteiger partial charge in [0.2, 0.25) is 0 Å². The average molecular weight is 302 g/mol. The minimum Gasteiger partial charge on any atom is -0.297 e. The maximum Gasteiger partial charge on any atom is 0.401 e. The fourth-order valence-electron chi connectivity index (χ4n) is 2.43. The van der Waals surface area contributed by atoms with Crippen molar-refractivity contribution in [2.24, 2.45) is 0 Å². The molecule has 2 nitrogen and oxygen atoms in total. The van der Waals surface area contributed by atoms with Gasteiger partial charge in [0, 0.05) is 32.7 Å². The third-order valence-electron chi connectivity index (χ3n) is 3.36. The summed E-state index contributed by atoms with van der Waals surface area (Å²) in [6.45, 7) is 8.46. The molecule has 0 unspecified atom stereocenters. The van der Waals surface area contributed by atoms with Gasteiger partial charge in [-0.15, -0.1) is 0 Å². The van der Waals surface area contributed by atoms with Crippen LogP contribution in [0.3, 0.4) is 0 Å². The first-order chi connectivity index (χ1) is 9.92. The first-order valence-corrected chi connectivity index (χ1v) is 7.49. The van der Waals surface area contributed by atoms with Crippen LogP contribution in [0.2, 0.25) is 0 Å². The Morgan fingerprint density at radius 2 is 1.57 bits per heavy atom. The number of nitrogens with zero attached hydrogens (tertiary/aromatic N) is 2. The Kier molecular flexibility index (Phi) is 7.18.